The molecular formula is C20H18F3N3O5S. The highest BCUT2D eigenvalue weighted by Gasteiger charge is 2.32. The van der Waals surface area contributed by atoms with E-state index in [0.717, 1.165) is 24.3 Å². The molecule has 1 amide bonds. The number of piperazine rings is 1. The van der Waals surface area contributed by atoms with Gasteiger partial charge in [0.05, 0.1) is 16.0 Å². The molecular weight excluding hydrogens is 451 g/mol. The lowest BCUT2D eigenvalue weighted by Gasteiger charge is -2.34. The second-order valence-corrected chi connectivity index (χ2v) is 9.27. The van der Waals surface area contributed by atoms with Crippen LogP contribution in [-0.4, -0.2) is 54.3 Å². The third-order valence-electron chi connectivity index (χ3n) is 5.39. The molecule has 1 fully saturated rings. The van der Waals surface area contributed by atoms with Gasteiger partial charge in [0.2, 0.25) is 10.0 Å². The molecule has 0 saturated carbocycles. The second kappa shape index (κ2) is 7.78. The van der Waals surface area contributed by atoms with Gasteiger partial charge in [-0.3, -0.25) is 9.36 Å². The van der Waals surface area contributed by atoms with Gasteiger partial charge in [0.25, 0.3) is 5.91 Å². The van der Waals surface area contributed by atoms with E-state index in [2.05, 4.69) is 0 Å². The number of aryl methyl sites for hydroxylation is 1. The quantitative estimate of drug-likeness (QED) is 0.587. The zero-order valence-electron chi connectivity index (χ0n) is 16.8. The average molecular weight is 469 g/mol. The van der Waals surface area contributed by atoms with Crippen molar-refractivity contribution in [2.24, 2.45) is 7.05 Å². The standard InChI is InChI=1S/C20H18F3N3O5S/c1-24-16-7-6-15(12-17(16)31-19(24)28)32(29,30)26-10-8-25(9-11-26)18(27)13-2-4-14(5-3-13)20(21,22)23/h2-7,12H,8-11H2,1H3. The Morgan fingerprint density at radius 2 is 1.62 bits per heavy atom. The summed E-state index contributed by atoms with van der Waals surface area (Å²) in [6.45, 7) is 0.209. The third kappa shape index (κ3) is 3.91. The zero-order valence-corrected chi connectivity index (χ0v) is 17.6. The van der Waals surface area contributed by atoms with E-state index in [1.54, 1.807) is 0 Å². The van der Waals surface area contributed by atoms with Crippen LogP contribution in [0.4, 0.5) is 13.2 Å². The molecule has 4 rings (SSSR count). The van der Waals surface area contributed by atoms with E-state index in [-0.39, 0.29) is 42.2 Å². The number of hydrogen-bond acceptors (Lipinski definition) is 5. The predicted molar refractivity (Wildman–Crippen MR) is 108 cm³/mol. The molecule has 0 aliphatic carbocycles. The zero-order chi connectivity index (χ0) is 23.3. The fourth-order valence-corrected chi connectivity index (χ4v) is 4.98. The van der Waals surface area contributed by atoms with E-state index in [0.29, 0.717) is 5.52 Å². The SMILES string of the molecule is Cn1c(=O)oc2cc(S(=O)(=O)N3CCN(C(=O)c4ccc(C(F)(F)F)cc4)CC3)ccc21. The minimum Gasteiger partial charge on any atom is -0.408 e. The number of alkyl halides is 3. The smallest absolute Gasteiger partial charge is 0.408 e. The maximum atomic E-state index is 13.0. The minimum absolute atomic E-state index is 0.0193. The van der Waals surface area contributed by atoms with Crippen molar-refractivity contribution in [3.05, 3.63) is 64.1 Å². The molecule has 0 spiro atoms. The van der Waals surface area contributed by atoms with Crippen LogP contribution in [0, 0.1) is 0 Å². The van der Waals surface area contributed by atoms with Gasteiger partial charge in [0.15, 0.2) is 5.58 Å². The maximum Gasteiger partial charge on any atom is 0.419 e. The van der Waals surface area contributed by atoms with Gasteiger partial charge in [-0.25, -0.2) is 13.2 Å². The van der Waals surface area contributed by atoms with E-state index in [1.165, 1.54) is 39.0 Å². The number of aromatic nitrogens is 1. The Kier molecular flexibility index (Phi) is 5.37. The normalized spacial score (nSPS) is 15.9. The Balaban J connectivity index is 1.47. The first-order valence-corrected chi connectivity index (χ1v) is 11.0. The van der Waals surface area contributed by atoms with Crippen molar-refractivity contribution in [2.75, 3.05) is 26.2 Å². The van der Waals surface area contributed by atoms with Crippen molar-refractivity contribution >= 4 is 27.0 Å². The van der Waals surface area contributed by atoms with Crippen molar-refractivity contribution in [1.29, 1.82) is 0 Å². The van der Waals surface area contributed by atoms with Crippen LogP contribution < -0.4 is 5.76 Å². The number of benzene rings is 2. The molecule has 0 atom stereocenters. The summed E-state index contributed by atoms with van der Waals surface area (Å²) < 4.78 is 71.6. The highest BCUT2D eigenvalue weighted by molar-refractivity contribution is 7.89. The molecule has 2 aromatic carbocycles. The van der Waals surface area contributed by atoms with Crippen molar-refractivity contribution in [3.63, 3.8) is 0 Å². The lowest BCUT2D eigenvalue weighted by Crippen LogP contribution is -2.50. The van der Waals surface area contributed by atoms with E-state index >= 15 is 0 Å². The van der Waals surface area contributed by atoms with Crippen LogP contribution >= 0.6 is 0 Å². The molecule has 1 saturated heterocycles. The molecule has 0 unspecified atom stereocenters. The number of amides is 1. The summed E-state index contributed by atoms with van der Waals surface area (Å²) in [6.07, 6.45) is -4.49. The van der Waals surface area contributed by atoms with Crippen LogP contribution in [0.3, 0.4) is 0 Å². The maximum absolute atomic E-state index is 13.0. The van der Waals surface area contributed by atoms with E-state index < -0.39 is 33.4 Å². The predicted octanol–water partition coefficient (Wildman–Crippen LogP) is 2.30. The van der Waals surface area contributed by atoms with Crippen LogP contribution in [0.15, 0.2) is 56.6 Å². The summed E-state index contributed by atoms with van der Waals surface area (Å²) in [7, 11) is -2.38. The summed E-state index contributed by atoms with van der Waals surface area (Å²) in [6, 6.07) is 8.04. The second-order valence-electron chi connectivity index (χ2n) is 7.33. The first-order chi connectivity index (χ1) is 15.0. The summed E-state index contributed by atoms with van der Waals surface area (Å²) >= 11 is 0. The fraction of sp³-hybridized carbons (Fsp3) is 0.300. The molecule has 1 aromatic heterocycles. The average Bonchev–Trinajstić information content (AvgIpc) is 3.06. The van der Waals surface area contributed by atoms with E-state index in [1.807, 2.05) is 0 Å². The third-order valence-corrected chi connectivity index (χ3v) is 7.28. The lowest BCUT2D eigenvalue weighted by molar-refractivity contribution is -0.137. The molecule has 2 heterocycles. The Bertz CT molecular complexity index is 1340. The van der Waals surface area contributed by atoms with Crippen molar-refractivity contribution in [2.45, 2.75) is 11.1 Å². The Morgan fingerprint density at radius 3 is 2.22 bits per heavy atom. The molecule has 3 aromatic rings. The number of sulfonamides is 1. The van der Waals surface area contributed by atoms with Gasteiger partial charge in [-0.05, 0) is 36.4 Å². The van der Waals surface area contributed by atoms with E-state index in [4.69, 9.17) is 4.42 Å². The molecule has 0 radical (unpaired) electrons. The topological polar surface area (TPSA) is 92.8 Å². The molecule has 1 aliphatic heterocycles. The number of hydrogen-bond donors (Lipinski definition) is 0. The van der Waals surface area contributed by atoms with Gasteiger partial charge in [-0.1, -0.05) is 0 Å². The molecule has 0 bridgehead atoms. The van der Waals surface area contributed by atoms with Crippen molar-refractivity contribution < 1.29 is 30.8 Å². The van der Waals surface area contributed by atoms with Gasteiger partial charge in [0.1, 0.15) is 0 Å². The summed E-state index contributed by atoms with van der Waals surface area (Å²) in [5.41, 5.74) is -0.148. The largest absolute Gasteiger partial charge is 0.419 e. The van der Waals surface area contributed by atoms with E-state index in [9.17, 15) is 31.2 Å². The number of fused-ring (bicyclic) bond motifs is 1. The highest BCUT2D eigenvalue weighted by atomic mass is 32.2. The summed E-state index contributed by atoms with van der Waals surface area (Å²) in [5.74, 6) is -1.08. The van der Waals surface area contributed by atoms with Crippen LogP contribution in [0.2, 0.25) is 0 Å². The number of carbonyl (C=O) groups excluding carboxylic acids is 1. The molecule has 0 N–H and O–H groups in total. The summed E-state index contributed by atoms with van der Waals surface area (Å²) in [4.78, 5) is 25.6. The number of carbonyl (C=O) groups is 1. The number of rotatable bonds is 3. The van der Waals surface area contributed by atoms with Gasteiger partial charge < -0.3 is 9.32 Å². The number of nitrogens with zero attached hydrogens (tertiary/aromatic N) is 3. The molecule has 1 aliphatic rings. The molecule has 170 valence electrons. The van der Waals surface area contributed by atoms with Gasteiger partial charge in [-0.15, -0.1) is 0 Å². The Hall–Kier alpha value is -3.12. The Morgan fingerprint density at radius 1 is 1.00 bits per heavy atom. The fourth-order valence-electron chi connectivity index (χ4n) is 3.54. The minimum atomic E-state index is -4.49. The Labute approximate surface area is 180 Å². The monoisotopic (exact) mass is 469 g/mol. The van der Waals surface area contributed by atoms with Crippen LogP contribution in [0.5, 0.6) is 0 Å². The first kappa shape index (κ1) is 22.1. The van der Waals surface area contributed by atoms with Crippen LogP contribution in [0.1, 0.15) is 15.9 Å². The van der Waals surface area contributed by atoms with Gasteiger partial charge in [-0.2, -0.15) is 17.5 Å². The summed E-state index contributed by atoms with van der Waals surface area (Å²) in [5, 5.41) is 0. The van der Waals surface area contributed by atoms with Crippen molar-refractivity contribution in [1.82, 2.24) is 13.8 Å². The number of oxazole rings is 1. The van der Waals surface area contributed by atoms with Gasteiger partial charge >= 0.3 is 11.9 Å². The van der Waals surface area contributed by atoms with Crippen LogP contribution in [0.25, 0.3) is 11.1 Å². The molecule has 32 heavy (non-hydrogen) atoms. The first-order valence-electron chi connectivity index (χ1n) is 9.55. The van der Waals surface area contributed by atoms with Crippen LogP contribution in [-0.2, 0) is 23.2 Å². The molecule has 8 nitrogen and oxygen atoms in total. The highest BCUT2D eigenvalue weighted by Crippen LogP contribution is 2.29. The molecule has 12 heteroatoms. The van der Waals surface area contributed by atoms with Gasteiger partial charge in [0, 0.05) is 44.9 Å². The number of halogens is 3. The lowest BCUT2D eigenvalue weighted by atomic mass is 10.1. The van der Waals surface area contributed by atoms with Crippen molar-refractivity contribution in [3.8, 4) is 0 Å².